The molecule has 0 radical (unpaired) electrons. The number of anilines is 1. The van der Waals surface area contributed by atoms with Crippen LogP contribution in [0, 0.1) is 0 Å². The zero-order chi connectivity index (χ0) is 18.4. The van der Waals surface area contributed by atoms with Crippen LogP contribution in [0.2, 0.25) is 0 Å². The Morgan fingerprint density at radius 1 is 1.12 bits per heavy atom. The van der Waals surface area contributed by atoms with Gasteiger partial charge in [-0.1, -0.05) is 43.4 Å². The lowest BCUT2D eigenvalue weighted by Crippen LogP contribution is -2.13. The lowest BCUT2D eigenvalue weighted by molar-refractivity contribution is 0.102. The summed E-state index contributed by atoms with van der Waals surface area (Å²) in [6.07, 6.45) is 3.58. The molecule has 1 amide bonds. The van der Waals surface area contributed by atoms with Crippen molar-refractivity contribution in [1.29, 1.82) is 0 Å². The van der Waals surface area contributed by atoms with Gasteiger partial charge in [0.05, 0.1) is 0 Å². The minimum atomic E-state index is -0.323. The Bertz CT molecular complexity index is 863. The Morgan fingerprint density at radius 2 is 1.88 bits per heavy atom. The number of ether oxygens (including phenoxy) is 1. The van der Waals surface area contributed by atoms with Gasteiger partial charge in [-0.25, -0.2) is 4.98 Å². The molecule has 0 saturated carbocycles. The van der Waals surface area contributed by atoms with Crippen LogP contribution in [0.5, 0.6) is 11.6 Å². The molecule has 0 aliphatic carbocycles. The summed E-state index contributed by atoms with van der Waals surface area (Å²) < 4.78 is 5.74. The Labute approximate surface area is 156 Å². The molecule has 2 aromatic heterocycles. The largest absolute Gasteiger partial charge is 0.438 e. The van der Waals surface area contributed by atoms with Crippen molar-refractivity contribution < 1.29 is 9.53 Å². The highest BCUT2D eigenvalue weighted by atomic mass is 32.1. The maximum atomic E-state index is 12.7. The predicted molar refractivity (Wildman–Crippen MR) is 102 cm³/mol. The quantitative estimate of drug-likeness (QED) is 0.643. The van der Waals surface area contributed by atoms with E-state index in [2.05, 4.69) is 34.3 Å². The molecular weight excluding hydrogens is 348 g/mol. The highest BCUT2D eigenvalue weighted by Gasteiger charge is 2.18. The molecular formula is C19H20N4O2S. The maximum absolute atomic E-state index is 12.7. The van der Waals surface area contributed by atoms with Gasteiger partial charge in [0, 0.05) is 12.1 Å². The summed E-state index contributed by atoms with van der Waals surface area (Å²) in [5, 5.41) is 12.5. The number of benzene rings is 1. The minimum Gasteiger partial charge on any atom is -0.438 e. The van der Waals surface area contributed by atoms with Crippen LogP contribution in [0.25, 0.3) is 0 Å². The number of hydrogen-bond donors (Lipinski definition) is 1. The SMILES string of the molecule is CCC(CC)c1nnc(NC(=O)c2cccnc2Oc2ccccc2)s1. The monoisotopic (exact) mass is 368 g/mol. The summed E-state index contributed by atoms with van der Waals surface area (Å²) >= 11 is 1.41. The van der Waals surface area contributed by atoms with Crippen molar-refractivity contribution in [3.63, 3.8) is 0 Å². The number of rotatable bonds is 7. The number of para-hydroxylation sites is 1. The Kier molecular flexibility index (Phi) is 5.91. The molecule has 0 bridgehead atoms. The first-order valence-electron chi connectivity index (χ1n) is 8.54. The van der Waals surface area contributed by atoms with Gasteiger partial charge in [0.25, 0.3) is 5.91 Å². The molecule has 0 atom stereocenters. The van der Waals surface area contributed by atoms with E-state index in [-0.39, 0.29) is 11.8 Å². The number of carbonyl (C=O) groups excluding carboxylic acids is 1. The summed E-state index contributed by atoms with van der Waals surface area (Å²) in [6.45, 7) is 4.24. The van der Waals surface area contributed by atoms with E-state index in [1.165, 1.54) is 11.3 Å². The second-order valence-corrected chi connectivity index (χ2v) is 6.69. The van der Waals surface area contributed by atoms with Crippen molar-refractivity contribution >= 4 is 22.4 Å². The summed E-state index contributed by atoms with van der Waals surface area (Å²) in [6, 6.07) is 12.6. The third-order valence-corrected chi connectivity index (χ3v) is 4.97. The summed E-state index contributed by atoms with van der Waals surface area (Å²) in [5.41, 5.74) is 0.343. The smallest absolute Gasteiger partial charge is 0.262 e. The van der Waals surface area contributed by atoms with Gasteiger partial charge in [-0.2, -0.15) is 0 Å². The molecule has 0 spiro atoms. The summed E-state index contributed by atoms with van der Waals surface area (Å²) in [7, 11) is 0. The topological polar surface area (TPSA) is 77.0 Å². The minimum absolute atomic E-state index is 0.251. The average Bonchev–Trinajstić information content (AvgIpc) is 3.12. The fourth-order valence-corrected chi connectivity index (χ4v) is 3.50. The fourth-order valence-electron chi connectivity index (χ4n) is 2.50. The van der Waals surface area contributed by atoms with E-state index in [1.807, 2.05) is 30.3 Å². The first-order chi connectivity index (χ1) is 12.7. The van der Waals surface area contributed by atoms with Crippen LogP contribution in [-0.2, 0) is 0 Å². The van der Waals surface area contributed by atoms with E-state index in [0.29, 0.717) is 22.4 Å². The van der Waals surface area contributed by atoms with Gasteiger partial charge in [0.2, 0.25) is 11.0 Å². The third kappa shape index (κ3) is 4.23. The molecule has 0 unspecified atom stereocenters. The van der Waals surface area contributed by atoms with E-state index in [1.54, 1.807) is 18.3 Å². The van der Waals surface area contributed by atoms with Crippen LogP contribution in [0.15, 0.2) is 48.7 Å². The van der Waals surface area contributed by atoms with Gasteiger partial charge in [0.1, 0.15) is 16.3 Å². The van der Waals surface area contributed by atoms with Crippen LogP contribution in [-0.4, -0.2) is 21.1 Å². The van der Waals surface area contributed by atoms with E-state index in [4.69, 9.17) is 4.74 Å². The number of aromatic nitrogens is 3. The second kappa shape index (κ2) is 8.53. The van der Waals surface area contributed by atoms with E-state index < -0.39 is 0 Å². The number of nitrogens with one attached hydrogen (secondary N) is 1. The molecule has 134 valence electrons. The van der Waals surface area contributed by atoms with Crippen LogP contribution in [0.1, 0.15) is 48.0 Å². The number of pyridine rings is 1. The van der Waals surface area contributed by atoms with Crippen LogP contribution in [0.3, 0.4) is 0 Å². The first-order valence-corrected chi connectivity index (χ1v) is 9.35. The third-order valence-electron chi connectivity index (χ3n) is 3.97. The van der Waals surface area contributed by atoms with Crippen molar-refractivity contribution in [3.05, 3.63) is 59.2 Å². The van der Waals surface area contributed by atoms with Gasteiger partial charge in [-0.05, 0) is 37.1 Å². The van der Waals surface area contributed by atoms with Gasteiger partial charge in [-0.15, -0.1) is 10.2 Å². The number of carbonyl (C=O) groups is 1. The first kappa shape index (κ1) is 18.0. The normalized spacial score (nSPS) is 10.7. The van der Waals surface area contributed by atoms with E-state index >= 15 is 0 Å². The number of hydrogen-bond acceptors (Lipinski definition) is 6. The van der Waals surface area contributed by atoms with Crippen LogP contribution >= 0.6 is 11.3 Å². The fraction of sp³-hybridized carbons (Fsp3) is 0.263. The van der Waals surface area contributed by atoms with E-state index in [9.17, 15) is 4.79 Å². The van der Waals surface area contributed by atoms with Crippen molar-refractivity contribution in [1.82, 2.24) is 15.2 Å². The lowest BCUT2D eigenvalue weighted by atomic mass is 10.1. The zero-order valence-corrected chi connectivity index (χ0v) is 15.5. The Morgan fingerprint density at radius 3 is 2.62 bits per heavy atom. The molecule has 3 rings (SSSR count). The van der Waals surface area contributed by atoms with Crippen molar-refractivity contribution in [2.75, 3.05) is 5.32 Å². The summed E-state index contributed by atoms with van der Waals surface area (Å²) in [4.78, 5) is 16.8. The molecule has 0 fully saturated rings. The number of nitrogens with zero attached hydrogens (tertiary/aromatic N) is 3. The molecule has 6 nitrogen and oxygen atoms in total. The van der Waals surface area contributed by atoms with Gasteiger partial charge >= 0.3 is 0 Å². The van der Waals surface area contributed by atoms with Crippen LogP contribution < -0.4 is 10.1 Å². The molecule has 7 heteroatoms. The molecule has 3 aromatic rings. The molecule has 0 saturated heterocycles. The summed E-state index contributed by atoms with van der Waals surface area (Å²) in [5.74, 6) is 0.915. The van der Waals surface area contributed by atoms with Gasteiger partial charge in [-0.3, -0.25) is 10.1 Å². The highest BCUT2D eigenvalue weighted by molar-refractivity contribution is 7.15. The average molecular weight is 368 g/mol. The highest BCUT2D eigenvalue weighted by Crippen LogP contribution is 2.29. The van der Waals surface area contributed by atoms with E-state index in [0.717, 1.165) is 17.8 Å². The predicted octanol–water partition coefficient (Wildman–Crippen LogP) is 4.88. The van der Waals surface area contributed by atoms with Gasteiger partial charge in [0.15, 0.2) is 0 Å². The Balaban J connectivity index is 1.76. The maximum Gasteiger partial charge on any atom is 0.262 e. The zero-order valence-electron chi connectivity index (χ0n) is 14.7. The molecule has 0 aliphatic rings. The molecule has 2 heterocycles. The Hall–Kier alpha value is -2.80. The van der Waals surface area contributed by atoms with Crippen molar-refractivity contribution in [2.45, 2.75) is 32.6 Å². The lowest BCUT2D eigenvalue weighted by Gasteiger charge is -2.09. The van der Waals surface area contributed by atoms with Gasteiger partial charge < -0.3 is 4.74 Å². The number of amides is 1. The van der Waals surface area contributed by atoms with Crippen molar-refractivity contribution in [3.8, 4) is 11.6 Å². The molecule has 26 heavy (non-hydrogen) atoms. The van der Waals surface area contributed by atoms with Crippen LogP contribution in [0.4, 0.5) is 5.13 Å². The standard InChI is InChI=1S/C19H20N4O2S/c1-3-13(4-2)18-22-23-19(26-18)21-16(24)15-11-8-12-20-17(15)25-14-9-6-5-7-10-14/h5-13H,3-4H2,1-2H3,(H,21,23,24). The molecule has 0 aliphatic heterocycles. The molecule has 1 aromatic carbocycles. The second-order valence-electron chi connectivity index (χ2n) is 5.68. The van der Waals surface area contributed by atoms with Crippen molar-refractivity contribution in [2.24, 2.45) is 0 Å². The molecule has 1 N–H and O–H groups in total.